The van der Waals surface area contributed by atoms with Crippen molar-refractivity contribution in [2.75, 3.05) is 22.8 Å². The molecule has 0 spiro atoms. The summed E-state index contributed by atoms with van der Waals surface area (Å²) < 4.78 is 51.6. The predicted molar refractivity (Wildman–Crippen MR) is 112 cm³/mol. The minimum absolute atomic E-state index is 0.0728. The zero-order chi connectivity index (χ0) is 21.3. The third-order valence-corrected chi connectivity index (χ3v) is 6.49. The molecule has 3 aromatic rings. The first-order valence-electron chi connectivity index (χ1n) is 9.07. The molecule has 2 aromatic heterocycles. The van der Waals surface area contributed by atoms with Gasteiger partial charge < -0.3 is 14.4 Å². The molecule has 4 rings (SSSR count). The second kappa shape index (κ2) is 8.07. The molecule has 0 saturated carbocycles. The van der Waals surface area contributed by atoms with Crippen LogP contribution in [-0.4, -0.2) is 37.9 Å². The summed E-state index contributed by atoms with van der Waals surface area (Å²) in [5.74, 6) is 1.44. The Morgan fingerprint density at radius 1 is 1.33 bits per heavy atom. The van der Waals surface area contributed by atoms with Crippen molar-refractivity contribution in [2.45, 2.75) is 25.1 Å². The summed E-state index contributed by atoms with van der Waals surface area (Å²) in [6.45, 7) is 4.04. The van der Waals surface area contributed by atoms with Gasteiger partial charge in [-0.05, 0) is 30.7 Å². The fourth-order valence-corrected chi connectivity index (χ4v) is 4.92. The topological polar surface area (TPSA) is 93.7 Å². The minimum atomic E-state index is -3.79. The number of nitrogens with zero attached hydrogens (tertiary/aromatic N) is 3. The molecule has 158 valence electrons. The number of aryl methyl sites for hydroxylation is 1. The van der Waals surface area contributed by atoms with Crippen LogP contribution >= 0.6 is 11.3 Å². The molecular weight excluding hydrogens is 431 g/mol. The summed E-state index contributed by atoms with van der Waals surface area (Å²) in [7, 11) is -3.79. The molecule has 0 aliphatic carbocycles. The monoisotopic (exact) mass is 450 g/mol. The lowest BCUT2D eigenvalue weighted by Gasteiger charge is -2.31. The van der Waals surface area contributed by atoms with Gasteiger partial charge in [-0.1, -0.05) is 0 Å². The molecule has 8 nitrogen and oxygen atoms in total. The average molecular weight is 451 g/mol. The predicted octanol–water partition coefficient (Wildman–Crippen LogP) is 3.87. The van der Waals surface area contributed by atoms with Crippen molar-refractivity contribution in [3.05, 3.63) is 47.6 Å². The van der Waals surface area contributed by atoms with Crippen LogP contribution in [0.5, 0.6) is 11.5 Å². The molecule has 1 atom stereocenters. The molecule has 1 N–H and O–H groups in total. The van der Waals surface area contributed by atoms with Crippen LogP contribution in [0.4, 0.5) is 21.0 Å². The molecule has 0 radical (unpaired) electrons. The first-order chi connectivity index (χ1) is 14.3. The number of benzene rings is 1. The zero-order valence-electron chi connectivity index (χ0n) is 16.2. The highest BCUT2D eigenvalue weighted by Gasteiger charge is 2.25. The van der Waals surface area contributed by atoms with Gasteiger partial charge in [-0.25, -0.2) is 22.8 Å². The number of ether oxygens (including phenoxy) is 2. The Morgan fingerprint density at radius 2 is 2.17 bits per heavy atom. The molecule has 30 heavy (non-hydrogen) atoms. The number of aromatic nitrogens is 2. The van der Waals surface area contributed by atoms with Crippen LogP contribution in [0.1, 0.15) is 12.5 Å². The van der Waals surface area contributed by atoms with Gasteiger partial charge in [-0.3, -0.25) is 4.72 Å². The van der Waals surface area contributed by atoms with Crippen LogP contribution in [-0.2, 0) is 10.0 Å². The van der Waals surface area contributed by atoms with E-state index in [2.05, 4.69) is 14.7 Å². The molecule has 3 heterocycles. The molecule has 0 bridgehead atoms. The number of rotatable bonds is 6. The highest BCUT2D eigenvalue weighted by Crippen LogP contribution is 2.39. The Hall–Kier alpha value is -2.92. The number of anilines is 3. The van der Waals surface area contributed by atoms with Gasteiger partial charge in [-0.15, -0.1) is 11.3 Å². The van der Waals surface area contributed by atoms with Crippen LogP contribution < -0.4 is 19.1 Å². The number of fused-ring (bicyclic) bond motifs is 1. The van der Waals surface area contributed by atoms with E-state index >= 15 is 0 Å². The number of nitrogens with one attached hydrogen (secondary N) is 1. The largest absolute Gasteiger partial charge is 0.489 e. The SMILES string of the molecule is Cc1cc(OC(C)F)cnc1N1CCOc2cc(S(=O)(=O)Nc3nccs3)ccc21. The van der Waals surface area contributed by atoms with Gasteiger partial charge >= 0.3 is 0 Å². The number of alkyl halides is 1. The minimum Gasteiger partial charge on any atom is -0.489 e. The summed E-state index contributed by atoms with van der Waals surface area (Å²) in [6, 6.07) is 6.38. The Bertz CT molecular complexity index is 1150. The van der Waals surface area contributed by atoms with Gasteiger partial charge in [-0.2, -0.15) is 0 Å². The van der Waals surface area contributed by atoms with E-state index in [-0.39, 0.29) is 4.90 Å². The standard InChI is InChI=1S/C19H19FN4O4S2/c1-12-9-14(28-13(2)20)11-22-18(12)24-6-7-27-17-10-15(3-4-16(17)24)30(25,26)23-19-21-5-8-29-19/h3-5,8-11,13H,6-7H2,1-2H3,(H,21,23). The van der Waals surface area contributed by atoms with Gasteiger partial charge in [0.05, 0.1) is 23.3 Å². The molecular formula is C19H19FN4O4S2. The van der Waals surface area contributed by atoms with E-state index in [1.165, 1.54) is 42.8 Å². The lowest BCUT2D eigenvalue weighted by atomic mass is 10.2. The quantitative estimate of drug-likeness (QED) is 0.609. The second-order valence-corrected chi connectivity index (χ2v) is 9.12. The van der Waals surface area contributed by atoms with E-state index < -0.39 is 16.4 Å². The number of halogens is 1. The van der Waals surface area contributed by atoms with Crippen molar-refractivity contribution in [3.8, 4) is 11.5 Å². The van der Waals surface area contributed by atoms with E-state index in [0.717, 1.165) is 5.56 Å². The molecule has 0 amide bonds. The van der Waals surface area contributed by atoms with Crippen LogP contribution in [0.3, 0.4) is 0 Å². The zero-order valence-corrected chi connectivity index (χ0v) is 17.8. The van der Waals surface area contributed by atoms with E-state index in [4.69, 9.17) is 9.47 Å². The number of hydrogen-bond donors (Lipinski definition) is 1. The Morgan fingerprint density at radius 3 is 2.87 bits per heavy atom. The molecule has 1 unspecified atom stereocenters. The maximum Gasteiger partial charge on any atom is 0.263 e. The molecule has 0 saturated heterocycles. The van der Waals surface area contributed by atoms with Crippen LogP contribution in [0.25, 0.3) is 0 Å². The van der Waals surface area contributed by atoms with Crippen LogP contribution in [0.15, 0.2) is 46.9 Å². The molecule has 1 aliphatic rings. The third-order valence-electron chi connectivity index (χ3n) is 4.34. The summed E-state index contributed by atoms with van der Waals surface area (Å²) >= 11 is 1.19. The van der Waals surface area contributed by atoms with Crippen molar-refractivity contribution in [1.82, 2.24) is 9.97 Å². The second-order valence-electron chi connectivity index (χ2n) is 6.54. The number of pyridine rings is 1. The molecule has 0 fully saturated rings. The van der Waals surface area contributed by atoms with Gasteiger partial charge in [0, 0.05) is 24.6 Å². The molecule has 1 aliphatic heterocycles. The van der Waals surface area contributed by atoms with Gasteiger partial charge in [0.15, 0.2) is 5.13 Å². The van der Waals surface area contributed by atoms with Crippen molar-refractivity contribution in [1.29, 1.82) is 0 Å². The normalized spacial score (nSPS) is 14.6. The first-order valence-corrected chi connectivity index (χ1v) is 11.4. The van der Waals surface area contributed by atoms with Crippen molar-refractivity contribution >= 4 is 38.0 Å². The van der Waals surface area contributed by atoms with Gasteiger partial charge in [0.2, 0.25) is 6.36 Å². The third kappa shape index (κ3) is 4.17. The summed E-state index contributed by atoms with van der Waals surface area (Å²) in [4.78, 5) is 10.4. The first kappa shape index (κ1) is 20.4. The van der Waals surface area contributed by atoms with E-state index in [9.17, 15) is 12.8 Å². The van der Waals surface area contributed by atoms with E-state index in [1.807, 2.05) is 11.8 Å². The number of sulfonamides is 1. The molecule has 11 heteroatoms. The lowest BCUT2D eigenvalue weighted by molar-refractivity contribution is 0.0856. The van der Waals surface area contributed by atoms with Gasteiger partial charge in [0.25, 0.3) is 10.0 Å². The van der Waals surface area contributed by atoms with Crippen LogP contribution in [0, 0.1) is 6.92 Å². The summed E-state index contributed by atoms with van der Waals surface area (Å²) in [5, 5.41) is 1.98. The maximum atomic E-state index is 13.1. The van der Waals surface area contributed by atoms with Crippen molar-refractivity contribution < 1.29 is 22.3 Å². The van der Waals surface area contributed by atoms with Gasteiger partial charge in [0.1, 0.15) is 23.9 Å². The average Bonchev–Trinajstić information content (AvgIpc) is 3.19. The number of thiazole rings is 1. The summed E-state index contributed by atoms with van der Waals surface area (Å²) in [5.41, 5.74) is 1.49. The van der Waals surface area contributed by atoms with E-state index in [0.29, 0.717) is 41.3 Å². The fourth-order valence-electron chi connectivity index (χ4n) is 3.11. The Balaban J connectivity index is 1.64. The maximum absolute atomic E-state index is 13.1. The Labute approximate surface area is 177 Å². The fraction of sp³-hybridized carbons (Fsp3) is 0.263. The highest BCUT2D eigenvalue weighted by molar-refractivity contribution is 7.93. The molecule has 1 aromatic carbocycles. The number of hydrogen-bond acceptors (Lipinski definition) is 8. The highest BCUT2D eigenvalue weighted by atomic mass is 32.2. The van der Waals surface area contributed by atoms with Crippen molar-refractivity contribution in [2.24, 2.45) is 0 Å². The summed E-state index contributed by atoms with van der Waals surface area (Å²) in [6.07, 6.45) is 1.56. The van der Waals surface area contributed by atoms with Crippen molar-refractivity contribution in [3.63, 3.8) is 0 Å². The Kier molecular flexibility index (Phi) is 5.48. The van der Waals surface area contributed by atoms with E-state index in [1.54, 1.807) is 17.5 Å². The smallest absolute Gasteiger partial charge is 0.263 e. The lowest BCUT2D eigenvalue weighted by Crippen LogP contribution is -2.30. The van der Waals surface area contributed by atoms with Crippen LogP contribution in [0.2, 0.25) is 0 Å².